The minimum Gasteiger partial charge on any atom is -0.370 e. The van der Waals surface area contributed by atoms with Crippen LogP contribution in [0.4, 0.5) is 0 Å². The van der Waals surface area contributed by atoms with Crippen LogP contribution in [0.5, 0.6) is 0 Å². The van der Waals surface area contributed by atoms with Crippen molar-refractivity contribution in [1.29, 1.82) is 0 Å². The number of aromatic nitrogens is 1. The van der Waals surface area contributed by atoms with Crippen molar-refractivity contribution in [3.8, 4) is 0 Å². The number of hydrogen-bond acceptors (Lipinski definition) is 7. The van der Waals surface area contributed by atoms with Crippen LogP contribution in [0.15, 0.2) is 84.9 Å². The highest BCUT2D eigenvalue weighted by atomic mass is 16.2. The smallest absolute Gasteiger partial charge is 0.268 e. The van der Waals surface area contributed by atoms with E-state index in [9.17, 15) is 33.6 Å². The van der Waals surface area contributed by atoms with Crippen LogP contribution >= 0.6 is 0 Å². The molecule has 4 aromatic rings. The van der Waals surface area contributed by atoms with Gasteiger partial charge in [-0.25, -0.2) is 0 Å². The standard InChI is InChI=1S/C43H48N6O7/c1-25(50)29-13-16-34-30(21-29)22-37(46-34)41(54)48-36-17-14-31(45-26(2)51)23-32-15-19-38(49(32)43(36)56)42(55)47-35(18-20-40(44)53)39(52)24-33(27-9-5-3-6-10-27)28-11-7-4-8-12-28/h3-13,16,21-22,31-33,35-36,38,46H,14-15,17-20,23-24H2,1-2H3,(H2,44,53)(H,45,51)(H,47,55)(H,48,54)/t31-,32+,35-,36-,38-/m0/s1. The van der Waals surface area contributed by atoms with Crippen LogP contribution in [-0.4, -0.2) is 81.2 Å². The number of ketones is 2. The van der Waals surface area contributed by atoms with Gasteiger partial charge >= 0.3 is 0 Å². The first-order valence-electron chi connectivity index (χ1n) is 19.1. The van der Waals surface area contributed by atoms with Crippen molar-refractivity contribution < 1.29 is 33.6 Å². The molecule has 0 saturated carbocycles. The summed E-state index contributed by atoms with van der Waals surface area (Å²) in [5.41, 5.74) is 8.69. The normalized spacial score (nSPS) is 20.1. The van der Waals surface area contributed by atoms with E-state index < -0.39 is 47.8 Å². The quantitative estimate of drug-likeness (QED) is 0.119. The summed E-state index contributed by atoms with van der Waals surface area (Å²) >= 11 is 0. The van der Waals surface area contributed by atoms with Crippen molar-refractivity contribution in [1.82, 2.24) is 25.8 Å². The van der Waals surface area contributed by atoms with Gasteiger partial charge in [0.25, 0.3) is 5.91 Å². The Labute approximate surface area is 325 Å². The van der Waals surface area contributed by atoms with Gasteiger partial charge < -0.3 is 31.6 Å². The molecular weight excluding hydrogens is 713 g/mol. The molecule has 56 heavy (non-hydrogen) atoms. The zero-order valence-electron chi connectivity index (χ0n) is 31.6. The average molecular weight is 761 g/mol. The van der Waals surface area contributed by atoms with E-state index in [1.165, 1.54) is 18.7 Å². The highest BCUT2D eigenvalue weighted by Crippen LogP contribution is 2.33. The van der Waals surface area contributed by atoms with Crippen LogP contribution in [0.25, 0.3) is 10.9 Å². The number of benzene rings is 3. The van der Waals surface area contributed by atoms with E-state index in [-0.39, 0.29) is 60.8 Å². The maximum atomic E-state index is 14.4. The van der Waals surface area contributed by atoms with Crippen molar-refractivity contribution in [2.45, 2.75) is 101 Å². The van der Waals surface area contributed by atoms with Gasteiger partial charge in [-0.05, 0) is 80.8 Å². The SMILES string of the molecule is CC(=O)N[C@H]1CC[C@H](NC(=O)c2cc3cc(C(C)=O)ccc3[nH]2)C(=O)N2[C@H](CC[C@H]2C(=O)N[C@@H](CCC(N)=O)C(=O)CC(c2ccccc2)c2ccccc2)C1. The molecule has 2 aliphatic rings. The summed E-state index contributed by atoms with van der Waals surface area (Å²) in [6, 6.07) is 22.1. The van der Waals surface area contributed by atoms with Gasteiger partial charge in [0.1, 0.15) is 17.8 Å². The molecule has 0 aliphatic carbocycles. The summed E-state index contributed by atoms with van der Waals surface area (Å²) in [6.07, 6.45) is 1.68. The molecule has 2 fully saturated rings. The molecule has 292 valence electrons. The first-order valence-corrected chi connectivity index (χ1v) is 19.1. The number of Topliss-reactive ketones (excluding diaryl/α,β-unsaturated/α-hetero) is 2. The Bertz CT molecular complexity index is 2080. The van der Waals surface area contributed by atoms with E-state index in [2.05, 4.69) is 20.9 Å². The Morgan fingerprint density at radius 1 is 0.839 bits per heavy atom. The summed E-state index contributed by atoms with van der Waals surface area (Å²) in [5, 5.41) is 9.38. The van der Waals surface area contributed by atoms with Gasteiger partial charge in [-0.1, -0.05) is 60.7 Å². The van der Waals surface area contributed by atoms with Crippen LogP contribution in [-0.2, 0) is 24.0 Å². The van der Waals surface area contributed by atoms with Gasteiger partial charge in [-0.3, -0.25) is 33.6 Å². The molecule has 2 saturated heterocycles. The van der Waals surface area contributed by atoms with E-state index in [1.807, 2.05) is 60.7 Å². The highest BCUT2D eigenvalue weighted by molar-refractivity contribution is 6.03. The van der Waals surface area contributed by atoms with Crippen LogP contribution in [0, 0.1) is 0 Å². The number of nitrogens with zero attached hydrogens (tertiary/aromatic N) is 1. The van der Waals surface area contributed by atoms with Crippen molar-refractivity contribution in [3.63, 3.8) is 0 Å². The molecule has 13 heteroatoms. The summed E-state index contributed by atoms with van der Waals surface area (Å²) in [5.74, 6) is -3.08. The zero-order chi connectivity index (χ0) is 39.9. The molecule has 6 N–H and O–H groups in total. The molecule has 0 bridgehead atoms. The third-order valence-electron chi connectivity index (χ3n) is 10.9. The number of H-pyrrole nitrogens is 1. The number of fused-ring (bicyclic) bond motifs is 2. The Balaban J connectivity index is 1.24. The third kappa shape index (κ3) is 9.39. The lowest BCUT2D eigenvalue weighted by Gasteiger charge is -2.38. The number of nitrogens with one attached hydrogen (secondary N) is 4. The maximum absolute atomic E-state index is 14.4. The topological polar surface area (TPSA) is 201 Å². The zero-order valence-corrected chi connectivity index (χ0v) is 31.6. The molecule has 0 radical (unpaired) electrons. The fraction of sp³-hybridized carbons (Fsp3) is 0.372. The van der Waals surface area contributed by atoms with Gasteiger partial charge in [-0.2, -0.15) is 0 Å². The Morgan fingerprint density at radius 2 is 1.52 bits per heavy atom. The maximum Gasteiger partial charge on any atom is 0.268 e. The lowest BCUT2D eigenvalue weighted by Crippen LogP contribution is -2.59. The second kappa shape index (κ2) is 17.6. The predicted octanol–water partition coefficient (Wildman–Crippen LogP) is 4.06. The summed E-state index contributed by atoms with van der Waals surface area (Å²) in [7, 11) is 0. The van der Waals surface area contributed by atoms with Crippen molar-refractivity contribution in [2.24, 2.45) is 5.73 Å². The van der Waals surface area contributed by atoms with Crippen LogP contribution < -0.4 is 21.7 Å². The Hall–Kier alpha value is -6.11. The van der Waals surface area contributed by atoms with Gasteiger partial charge in [0.15, 0.2) is 11.6 Å². The van der Waals surface area contributed by atoms with E-state index in [1.54, 1.807) is 24.3 Å². The number of hydrogen-bond donors (Lipinski definition) is 5. The molecule has 3 aromatic carbocycles. The van der Waals surface area contributed by atoms with Crippen LogP contribution in [0.3, 0.4) is 0 Å². The Kier molecular flexibility index (Phi) is 12.4. The fourth-order valence-electron chi connectivity index (χ4n) is 8.10. The van der Waals surface area contributed by atoms with Gasteiger partial charge in [0, 0.05) is 54.2 Å². The van der Waals surface area contributed by atoms with Gasteiger partial charge in [-0.15, -0.1) is 0 Å². The summed E-state index contributed by atoms with van der Waals surface area (Å²) in [4.78, 5) is 97.1. The molecule has 0 spiro atoms. The second-order valence-corrected chi connectivity index (χ2v) is 14.9. The largest absolute Gasteiger partial charge is 0.370 e. The molecule has 2 aliphatic heterocycles. The second-order valence-electron chi connectivity index (χ2n) is 14.9. The number of carbonyl (C=O) groups is 7. The number of carbonyl (C=O) groups excluding carboxylic acids is 7. The lowest BCUT2D eigenvalue weighted by atomic mass is 9.85. The summed E-state index contributed by atoms with van der Waals surface area (Å²) < 4.78 is 0. The average Bonchev–Trinajstić information content (AvgIpc) is 3.80. The predicted molar refractivity (Wildman–Crippen MR) is 209 cm³/mol. The van der Waals surface area contributed by atoms with Crippen LogP contribution in [0.1, 0.15) is 103 Å². The van der Waals surface area contributed by atoms with E-state index in [0.29, 0.717) is 42.1 Å². The first-order chi connectivity index (χ1) is 26.9. The number of nitrogens with two attached hydrogens (primary N) is 1. The van der Waals surface area contributed by atoms with E-state index in [4.69, 9.17) is 5.73 Å². The highest BCUT2D eigenvalue weighted by Gasteiger charge is 2.46. The molecule has 0 unspecified atom stereocenters. The Morgan fingerprint density at radius 3 is 2.14 bits per heavy atom. The van der Waals surface area contributed by atoms with Crippen LogP contribution in [0.2, 0.25) is 0 Å². The number of rotatable bonds is 14. The molecule has 13 nitrogen and oxygen atoms in total. The minimum absolute atomic E-state index is 0.0119. The summed E-state index contributed by atoms with van der Waals surface area (Å²) in [6.45, 7) is 2.88. The molecule has 3 heterocycles. The van der Waals surface area contributed by atoms with E-state index in [0.717, 1.165) is 11.1 Å². The van der Waals surface area contributed by atoms with E-state index >= 15 is 0 Å². The first kappa shape index (κ1) is 39.6. The minimum atomic E-state index is -1.05. The molecule has 6 rings (SSSR count). The molecule has 5 atom stereocenters. The van der Waals surface area contributed by atoms with Crippen molar-refractivity contribution >= 4 is 52.0 Å². The molecular formula is C43H48N6O7. The molecule has 1 aromatic heterocycles. The molecule has 5 amide bonds. The fourth-order valence-corrected chi connectivity index (χ4v) is 8.10. The third-order valence-corrected chi connectivity index (χ3v) is 10.9. The number of primary amides is 1. The van der Waals surface area contributed by atoms with Gasteiger partial charge in [0.05, 0.1) is 6.04 Å². The van der Waals surface area contributed by atoms with Crippen molar-refractivity contribution in [3.05, 3.63) is 107 Å². The lowest BCUT2D eigenvalue weighted by molar-refractivity contribution is -0.143. The number of aromatic amines is 1. The number of amides is 5. The van der Waals surface area contributed by atoms with Gasteiger partial charge in [0.2, 0.25) is 23.6 Å². The monoisotopic (exact) mass is 760 g/mol. The van der Waals surface area contributed by atoms with Crippen molar-refractivity contribution in [2.75, 3.05) is 0 Å².